The van der Waals surface area contributed by atoms with Crippen molar-refractivity contribution in [1.29, 1.82) is 0 Å². The molecule has 2 amide bonds. The molecular weight excluding hydrogens is 1630 g/mol. The summed E-state index contributed by atoms with van der Waals surface area (Å²) in [7, 11) is -5.58. The van der Waals surface area contributed by atoms with E-state index in [9.17, 15) is 63.5 Å². The molecule has 2 fully saturated rings. The number of nitrogens with one attached hydrogen (secondary N) is 2. The molecule has 0 aliphatic carbocycles. The number of esters is 4. The van der Waals surface area contributed by atoms with Gasteiger partial charge in [-0.15, -0.1) is 0 Å². The van der Waals surface area contributed by atoms with Crippen LogP contribution in [-0.4, -0.2) is 183 Å². The molecule has 0 saturated carbocycles. The third-order valence-electron chi connectivity index (χ3n) is 25.5. The van der Waals surface area contributed by atoms with E-state index in [0.717, 1.165) is 173 Å². The summed E-state index contributed by atoms with van der Waals surface area (Å²) < 4.78 is 61.4. The summed E-state index contributed by atoms with van der Waals surface area (Å²) in [6, 6.07) is -3.37. The van der Waals surface area contributed by atoms with Crippen molar-refractivity contribution < 1.29 is 101 Å². The summed E-state index contributed by atoms with van der Waals surface area (Å²) in [6.07, 6.45) is 46.8. The molecule has 0 aromatic rings. The minimum atomic E-state index is -5.58. The van der Waals surface area contributed by atoms with Crippen molar-refractivity contribution in [1.82, 2.24) is 15.5 Å². The van der Waals surface area contributed by atoms with E-state index >= 15 is 0 Å². The van der Waals surface area contributed by atoms with Crippen molar-refractivity contribution in [3.8, 4) is 0 Å². The fourth-order valence-corrected chi connectivity index (χ4v) is 17.9. The molecule has 0 radical (unpaired) electrons. The van der Waals surface area contributed by atoms with Crippen molar-refractivity contribution in [3.05, 3.63) is 0 Å². The second-order valence-electron chi connectivity index (χ2n) is 37.1. The first-order valence-corrected chi connectivity index (χ1v) is 54.5. The Morgan fingerprint density at radius 3 is 0.890 bits per heavy atom. The van der Waals surface area contributed by atoms with Crippen LogP contribution in [0.3, 0.4) is 0 Å². The van der Waals surface area contributed by atoms with Crippen molar-refractivity contribution >= 4 is 43.5 Å². The van der Waals surface area contributed by atoms with E-state index < -0.39 is 149 Å². The molecule has 25 heteroatoms. The molecule has 0 aromatic carbocycles. The highest BCUT2D eigenvalue weighted by atomic mass is 31.2. The molecule has 2 saturated heterocycles. The largest absolute Gasteiger partial charge is 0.470 e. The number of carbonyl (C=O) groups excluding carboxylic acids is 6. The van der Waals surface area contributed by atoms with E-state index in [1.165, 1.54) is 193 Å². The Labute approximate surface area is 774 Å². The zero-order valence-electron chi connectivity index (χ0n) is 82.5. The second kappa shape index (κ2) is 84.4. The first-order valence-electron chi connectivity index (χ1n) is 53.0. The van der Waals surface area contributed by atoms with E-state index in [1.54, 1.807) is 0 Å². The molecule has 24 nitrogen and oxygen atoms in total. The Morgan fingerprint density at radius 2 is 0.614 bits per heavy atom. The Kier molecular flexibility index (Phi) is 80.8. The maximum Gasteiger partial charge on any atom is 0.470 e. The van der Waals surface area contributed by atoms with E-state index in [-0.39, 0.29) is 32.1 Å². The number of phosphoric ester groups is 1. The smallest absolute Gasteiger partial charge is 0.462 e. The first-order chi connectivity index (χ1) is 61.6. The van der Waals surface area contributed by atoms with E-state index in [1.807, 2.05) is 0 Å². The Bertz CT molecular complexity index is 2620. The third-order valence-corrected chi connectivity index (χ3v) is 26.0. The van der Waals surface area contributed by atoms with Gasteiger partial charge in [-0.05, 0) is 77.4 Å². The van der Waals surface area contributed by atoms with Gasteiger partial charge in [0, 0.05) is 19.3 Å². The summed E-state index contributed by atoms with van der Waals surface area (Å²) in [4.78, 5) is 108. The van der Waals surface area contributed by atoms with Gasteiger partial charge in [0.05, 0.1) is 32.5 Å². The summed E-state index contributed by atoms with van der Waals surface area (Å²) >= 11 is 0. The monoisotopic (exact) mass is 1830 g/mol. The molecule has 2 rings (SSSR count). The SMILES string of the molecule is CCCCCCCCCCCCCCCC(=O)O[C@H](CCCCCCCCCCC)CC(=O)NC1C(O)OC(COC2OC(CO)C(OP(=O)(O)O)C(OC(=O)C[C@@H](CCCCCCCCCCC)OC(=O)CCCCCCCCCCCCC)C2NC(=O)C[C@@H](CCCCCCCCCCC)OC(=O)CCCCCCCCCCC)C(O)C1O.CCN(CC)CC. The summed E-state index contributed by atoms with van der Waals surface area (Å²) in [6.45, 7) is 21.5. The van der Waals surface area contributed by atoms with Gasteiger partial charge in [-0.1, -0.05) is 409 Å². The van der Waals surface area contributed by atoms with Crippen LogP contribution < -0.4 is 10.6 Å². The van der Waals surface area contributed by atoms with Crippen molar-refractivity contribution in [2.24, 2.45) is 0 Å². The number of amides is 2. The van der Waals surface area contributed by atoms with Crippen LogP contribution in [-0.2, 0) is 71.0 Å². The minimum absolute atomic E-state index is 0.124. The van der Waals surface area contributed by atoms with Crippen LogP contribution in [0.2, 0.25) is 0 Å². The quantitative estimate of drug-likeness (QED) is 0.0121. The standard InChI is InChI=1S/C96H181N2O21P.C6H15N/c1-7-13-19-25-31-37-39-40-42-48-54-59-65-70-85(102)113-78(67-61-55-49-43-33-27-21-15-9-3)73-83(100)97-89-92(107)91(106)82(116-95(89)108)77-112-96-90(98-84(101)74-79(68-62-56-50-44-34-28-22-16-10-4)114-86(103)71-64-58-52-46-36-30-24-18-12-6)94(93(81(76-99)117-96)119-120(109,110)111)118-88(105)75-80(69-63-57-51-45-35-29-23-17-11-5)115-87(104)72-66-60-53-47-41-38-32-26-20-14-8-2;1-4-7(5-2)6-3/h78-82,89-96,99,106-108H,7-77H2,1-6H3,(H,97,100)(H,98,101)(H2,109,110,111);4-6H2,1-3H3/t78-,79-,80-,81?,82?,89?,90?,91?,92?,93?,94?,95?,96?;/m1./s1. The number of ether oxygens (including phenoxy) is 7. The molecule has 127 heavy (non-hydrogen) atoms. The van der Waals surface area contributed by atoms with E-state index in [2.05, 4.69) is 77.8 Å². The van der Waals surface area contributed by atoms with Crippen LogP contribution in [0.1, 0.15) is 505 Å². The number of hydrogen-bond donors (Lipinski definition) is 8. The van der Waals surface area contributed by atoms with Gasteiger partial charge in [-0.3, -0.25) is 33.3 Å². The van der Waals surface area contributed by atoms with Gasteiger partial charge in [-0.25, -0.2) is 4.57 Å². The lowest BCUT2D eigenvalue weighted by molar-refractivity contribution is -0.297. The van der Waals surface area contributed by atoms with Crippen LogP contribution in [0, 0.1) is 0 Å². The Morgan fingerprint density at radius 1 is 0.339 bits per heavy atom. The fourth-order valence-electron chi connectivity index (χ4n) is 17.4. The highest BCUT2D eigenvalue weighted by Crippen LogP contribution is 2.43. The number of aliphatic hydroxyl groups excluding tert-OH is 4. The fraction of sp³-hybridized carbons (Fsp3) is 0.941. The maximum atomic E-state index is 15.0. The topological polar surface area (TPSA) is 342 Å². The lowest BCUT2D eigenvalue weighted by Gasteiger charge is -2.46. The lowest BCUT2D eigenvalue weighted by atomic mass is 9.95. The van der Waals surface area contributed by atoms with Crippen molar-refractivity contribution in [2.45, 2.75) is 585 Å². The minimum Gasteiger partial charge on any atom is -0.462 e. The molecule has 13 atom stereocenters. The maximum absolute atomic E-state index is 15.0. The summed E-state index contributed by atoms with van der Waals surface area (Å²) in [5, 5.41) is 51.8. The number of phosphoric acid groups is 1. The van der Waals surface area contributed by atoms with Crippen LogP contribution in [0.4, 0.5) is 0 Å². The zero-order chi connectivity index (χ0) is 93.4. The molecule has 0 bridgehead atoms. The Hall–Kier alpha value is -3.39. The van der Waals surface area contributed by atoms with Crippen LogP contribution in [0.25, 0.3) is 0 Å². The van der Waals surface area contributed by atoms with E-state index in [4.69, 9.17) is 37.7 Å². The number of hydrogen-bond acceptors (Lipinski definition) is 20. The Balaban J connectivity index is 0.0000110. The predicted octanol–water partition coefficient (Wildman–Crippen LogP) is 23.6. The highest BCUT2D eigenvalue weighted by Gasteiger charge is 2.53. The molecule has 0 spiro atoms. The molecule has 8 N–H and O–H groups in total. The number of rotatable bonds is 87. The number of aliphatic hydroxyl groups is 4. The van der Waals surface area contributed by atoms with Crippen LogP contribution >= 0.6 is 7.82 Å². The average molecular weight is 1830 g/mol. The molecule has 10 unspecified atom stereocenters. The second-order valence-corrected chi connectivity index (χ2v) is 38.3. The molecule has 750 valence electrons. The van der Waals surface area contributed by atoms with Gasteiger partial charge < -0.3 is 78.9 Å². The van der Waals surface area contributed by atoms with Crippen molar-refractivity contribution in [3.63, 3.8) is 0 Å². The molecule has 2 aliphatic rings. The molecular formula is C102H196N3O21P. The number of nitrogens with zero attached hydrogens (tertiary/aromatic N) is 1. The summed E-state index contributed by atoms with van der Waals surface area (Å²) in [5.74, 6) is -3.84. The van der Waals surface area contributed by atoms with Gasteiger partial charge in [0.1, 0.15) is 60.9 Å². The predicted molar refractivity (Wildman–Crippen MR) is 511 cm³/mol. The van der Waals surface area contributed by atoms with Crippen LogP contribution in [0.15, 0.2) is 0 Å². The third kappa shape index (κ3) is 67.5. The van der Waals surface area contributed by atoms with E-state index in [0.29, 0.717) is 51.4 Å². The van der Waals surface area contributed by atoms with Gasteiger partial charge in [-0.2, -0.15) is 0 Å². The molecule has 2 heterocycles. The van der Waals surface area contributed by atoms with Gasteiger partial charge in [0.25, 0.3) is 0 Å². The highest BCUT2D eigenvalue weighted by molar-refractivity contribution is 7.46. The molecule has 2 aliphatic heterocycles. The van der Waals surface area contributed by atoms with Crippen molar-refractivity contribution in [2.75, 3.05) is 32.8 Å². The van der Waals surface area contributed by atoms with Gasteiger partial charge in [0.15, 0.2) is 18.7 Å². The first kappa shape index (κ1) is 122. The average Bonchev–Trinajstić information content (AvgIpc) is 0.777. The lowest BCUT2D eigenvalue weighted by Crippen LogP contribution is -2.67. The van der Waals surface area contributed by atoms with Gasteiger partial charge >= 0.3 is 31.7 Å². The number of carbonyl (C=O) groups is 6. The zero-order valence-corrected chi connectivity index (χ0v) is 83.4. The van der Waals surface area contributed by atoms with Gasteiger partial charge in [0.2, 0.25) is 11.8 Å². The number of unbranched alkanes of at least 4 members (excludes halogenated alkanes) is 54. The molecule has 0 aromatic heterocycles. The summed E-state index contributed by atoms with van der Waals surface area (Å²) in [5.41, 5.74) is 0. The van der Waals surface area contributed by atoms with Crippen LogP contribution in [0.5, 0.6) is 0 Å². The normalized spacial score (nSPS) is 19.6.